The third-order valence-electron chi connectivity index (χ3n) is 4.95. The van der Waals surface area contributed by atoms with Gasteiger partial charge in [-0.2, -0.15) is 14.5 Å². The number of aromatic nitrogens is 5. The maximum absolute atomic E-state index is 14.6. The molecule has 0 spiro atoms. The number of carbonyl (C=O) groups is 1. The number of amides is 2. The lowest BCUT2D eigenvalue weighted by atomic mass is 10.2. The zero-order valence-electron chi connectivity index (χ0n) is 17.2. The number of hydrogen-bond acceptors (Lipinski definition) is 7. The Morgan fingerprint density at radius 2 is 2.03 bits per heavy atom. The summed E-state index contributed by atoms with van der Waals surface area (Å²) < 4.78 is 16.1. The largest absolute Gasteiger partial charge is 0.365 e. The Morgan fingerprint density at radius 3 is 2.74 bits per heavy atom. The third-order valence-corrected chi connectivity index (χ3v) is 4.95. The third kappa shape index (κ3) is 5.12. The van der Waals surface area contributed by atoms with E-state index in [9.17, 15) is 9.18 Å². The number of pyridine rings is 1. The molecule has 0 aliphatic carbocycles. The fourth-order valence-corrected chi connectivity index (χ4v) is 3.43. The highest BCUT2D eigenvalue weighted by Crippen LogP contribution is 2.21. The molecular weight excluding hydrogens is 401 g/mol. The summed E-state index contributed by atoms with van der Waals surface area (Å²) >= 11 is 0. The van der Waals surface area contributed by atoms with E-state index in [1.165, 1.54) is 11.0 Å². The van der Waals surface area contributed by atoms with Crippen LogP contribution in [0.2, 0.25) is 0 Å². The maximum atomic E-state index is 14.6. The summed E-state index contributed by atoms with van der Waals surface area (Å²) in [5.74, 6) is 0.406. The van der Waals surface area contributed by atoms with Crippen LogP contribution in [0.25, 0.3) is 5.82 Å². The number of nitrogens with one attached hydrogen (secondary N) is 2. The van der Waals surface area contributed by atoms with Gasteiger partial charge in [0.2, 0.25) is 5.95 Å². The quantitative estimate of drug-likeness (QED) is 0.579. The van der Waals surface area contributed by atoms with E-state index in [-0.39, 0.29) is 6.03 Å². The Morgan fingerprint density at radius 1 is 1.19 bits per heavy atom. The number of halogens is 1. The van der Waals surface area contributed by atoms with Crippen molar-refractivity contribution in [1.29, 1.82) is 0 Å². The number of rotatable bonds is 6. The monoisotopic (exact) mass is 425 g/mol. The van der Waals surface area contributed by atoms with Crippen LogP contribution in [0.3, 0.4) is 0 Å². The van der Waals surface area contributed by atoms with Gasteiger partial charge >= 0.3 is 6.03 Å². The molecule has 3 aromatic heterocycles. The first-order valence-corrected chi connectivity index (χ1v) is 10.1. The minimum atomic E-state index is -0.502. The molecule has 4 rings (SSSR count). The van der Waals surface area contributed by atoms with Gasteiger partial charge in [0.25, 0.3) is 0 Å². The minimum absolute atomic E-state index is 0.296. The highest BCUT2D eigenvalue weighted by Gasteiger charge is 2.21. The molecule has 31 heavy (non-hydrogen) atoms. The van der Waals surface area contributed by atoms with Crippen LogP contribution in [0.5, 0.6) is 0 Å². The molecule has 1 fully saturated rings. The summed E-state index contributed by atoms with van der Waals surface area (Å²) in [5.41, 5.74) is 1.30. The van der Waals surface area contributed by atoms with Gasteiger partial charge in [0.1, 0.15) is 12.1 Å². The maximum Gasteiger partial charge on any atom is 0.320 e. The lowest BCUT2D eigenvalue weighted by molar-refractivity contribution is 0.246. The summed E-state index contributed by atoms with van der Waals surface area (Å²) in [4.78, 5) is 28.3. The molecule has 162 valence electrons. The molecular formula is C20H24FN9O. The second-order valence-electron chi connectivity index (χ2n) is 7.07. The fourth-order valence-electron chi connectivity index (χ4n) is 3.43. The first-order valence-electron chi connectivity index (χ1n) is 10.1. The Kier molecular flexibility index (Phi) is 6.32. The predicted molar refractivity (Wildman–Crippen MR) is 114 cm³/mol. The van der Waals surface area contributed by atoms with Crippen molar-refractivity contribution in [1.82, 2.24) is 34.9 Å². The number of urea groups is 1. The number of anilines is 2. The van der Waals surface area contributed by atoms with Crippen LogP contribution in [-0.2, 0) is 6.54 Å². The zero-order chi connectivity index (χ0) is 21.6. The van der Waals surface area contributed by atoms with Crippen LogP contribution in [-0.4, -0.2) is 68.4 Å². The van der Waals surface area contributed by atoms with Gasteiger partial charge in [0.15, 0.2) is 5.82 Å². The molecule has 0 radical (unpaired) electrons. The second kappa shape index (κ2) is 9.47. The summed E-state index contributed by atoms with van der Waals surface area (Å²) in [7, 11) is 0. The van der Waals surface area contributed by atoms with Crippen LogP contribution in [0, 0.1) is 5.95 Å². The average Bonchev–Trinajstić information content (AvgIpc) is 3.30. The molecule has 11 heteroatoms. The summed E-state index contributed by atoms with van der Waals surface area (Å²) in [5, 5.41) is 9.43. The van der Waals surface area contributed by atoms with Crippen molar-refractivity contribution in [3.8, 4) is 5.82 Å². The molecule has 10 nitrogen and oxygen atoms in total. The molecule has 0 unspecified atom stereocenters. The lowest BCUT2D eigenvalue weighted by Gasteiger charge is -2.35. The van der Waals surface area contributed by atoms with Gasteiger partial charge < -0.3 is 10.2 Å². The smallest absolute Gasteiger partial charge is 0.320 e. The Balaban J connectivity index is 1.33. The lowest BCUT2D eigenvalue weighted by Crippen LogP contribution is -2.46. The molecule has 0 aromatic carbocycles. The van der Waals surface area contributed by atoms with Crippen molar-refractivity contribution in [3.05, 3.63) is 54.6 Å². The van der Waals surface area contributed by atoms with Crippen molar-refractivity contribution >= 4 is 17.5 Å². The number of nitrogens with zero attached hydrogens (tertiary/aromatic N) is 7. The standard InChI is InChI=1S/C20H24FN9O/c1-2-22-20(31)26-17-12-15(23-14-24-17)13-28-8-10-29(11-9-28)16-4-5-18(27-19(16)21)30-7-3-6-25-30/h3-7,12,14H,2,8-11,13H2,1H3,(H2,22,23,24,26,31). The van der Waals surface area contributed by atoms with Crippen LogP contribution < -0.4 is 15.5 Å². The van der Waals surface area contributed by atoms with E-state index in [1.54, 1.807) is 36.7 Å². The van der Waals surface area contributed by atoms with E-state index >= 15 is 0 Å². The highest BCUT2D eigenvalue weighted by atomic mass is 19.1. The van der Waals surface area contributed by atoms with Crippen molar-refractivity contribution in [2.75, 3.05) is 42.9 Å². The first kappa shape index (κ1) is 20.7. The van der Waals surface area contributed by atoms with E-state index in [1.807, 2.05) is 11.8 Å². The second-order valence-corrected chi connectivity index (χ2v) is 7.07. The topological polar surface area (TPSA) is 104 Å². The summed E-state index contributed by atoms with van der Waals surface area (Å²) in [6.07, 6.45) is 4.79. The van der Waals surface area contributed by atoms with Crippen LogP contribution >= 0.6 is 0 Å². The Labute approximate surface area is 179 Å². The molecule has 2 N–H and O–H groups in total. The van der Waals surface area contributed by atoms with Gasteiger partial charge in [-0.3, -0.25) is 10.2 Å². The van der Waals surface area contributed by atoms with Crippen LogP contribution in [0.4, 0.5) is 20.7 Å². The van der Waals surface area contributed by atoms with Crippen LogP contribution in [0.15, 0.2) is 43.0 Å². The SMILES string of the molecule is CCNC(=O)Nc1cc(CN2CCN(c3ccc(-n4cccn4)nc3F)CC2)ncn1. The van der Waals surface area contributed by atoms with E-state index < -0.39 is 5.95 Å². The number of carbonyl (C=O) groups excluding carboxylic acids is 1. The minimum Gasteiger partial charge on any atom is -0.365 e. The molecule has 4 heterocycles. The summed E-state index contributed by atoms with van der Waals surface area (Å²) in [6, 6.07) is 6.75. The van der Waals surface area contributed by atoms with Gasteiger partial charge in [-0.15, -0.1) is 0 Å². The van der Waals surface area contributed by atoms with Crippen molar-refractivity contribution in [2.45, 2.75) is 13.5 Å². The average molecular weight is 425 g/mol. The highest BCUT2D eigenvalue weighted by molar-refractivity contribution is 5.88. The first-order chi connectivity index (χ1) is 15.1. The zero-order valence-corrected chi connectivity index (χ0v) is 17.2. The van der Waals surface area contributed by atoms with E-state index in [0.29, 0.717) is 43.5 Å². The molecule has 1 saturated heterocycles. The number of hydrogen-bond donors (Lipinski definition) is 2. The normalized spacial score (nSPS) is 14.5. The van der Waals surface area contributed by atoms with E-state index in [0.717, 1.165) is 18.8 Å². The molecule has 0 atom stereocenters. The van der Waals surface area contributed by atoms with E-state index in [2.05, 4.69) is 35.6 Å². The molecule has 2 amide bonds. The predicted octanol–water partition coefficient (Wildman–Crippen LogP) is 1.66. The molecule has 1 aliphatic heterocycles. The molecule has 1 aliphatic rings. The molecule has 3 aromatic rings. The number of piperazine rings is 1. The van der Waals surface area contributed by atoms with Crippen molar-refractivity contribution in [3.63, 3.8) is 0 Å². The Hall–Kier alpha value is -3.60. The Bertz CT molecular complexity index is 1020. The van der Waals surface area contributed by atoms with Gasteiger partial charge in [0.05, 0.1) is 11.4 Å². The summed E-state index contributed by atoms with van der Waals surface area (Å²) in [6.45, 7) is 5.87. The fraction of sp³-hybridized carbons (Fsp3) is 0.350. The van der Waals surface area contributed by atoms with Crippen molar-refractivity contribution in [2.24, 2.45) is 0 Å². The molecule has 0 saturated carbocycles. The van der Waals surface area contributed by atoms with Gasteiger partial charge in [-0.25, -0.2) is 19.4 Å². The van der Waals surface area contributed by atoms with E-state index in [4.69, 9.17) is 0 Å². The molecule has 0 bridgehead atoms. The van der Waals surface area contributed by atoms with Crippen molar-refractivity contribution < 1.29 is 9.18 Å². The van der Waals surface area contributed by atoms with Gasteiger partial charge in [-0.05, 0) is 25.1 Å². The van der Waals surface area contributed by atoms with Gasteiger partial charge in [-0.1, -0.05) is 0 Å². The van der Waals surface area contributed by atoms with Crippen LogP contribution in [0.1, 0.15) is 12.6 Å². The van der Waals surface area contributed by atoms with Gasteiger partial charge in [0, 0.05) is 57.7 Å².